The highest BCUT2D eigenvalue weighted by Crippen LogP contribution is 2.52. The zero-order valence-corrected chi connectivity index (χ0v) is 19.7. The second-order valence-electron chi connectivity index (χ2n) is 10.5. The van der Waals surface area contributed by atoms with Crippen LogP contribution >= 0.6 is 0 Å². The molecular formula is C23H33N3O3S. The number of benzene rings is 1. The molecule has 2 aliphatic rings. The summed E-state index contributed by atoms with van der Waals surface area (Å²) in [5.74, 6) is 0. The molecule has 0 unspecified atom stereocenters. The molecule has 1 saturated heterocycles. The third-order valence-corrected chi connectivity index (χ3v) is 7.50. The molecule has 164 valence electrons. The maximum atomic E-state index is 13.0. The van der Waals surface area contributed by atoms with Crippen molar-refractivity contribution >= 4 is 17.5 Å². The topological polar surface area (TPSA) is 88.4 Å². The van der Waals surface area contributed by atoms with Gasteiger partial charge in [0.25, 0.3) is 0 Å². The quantitative estimate of drug-likeness (QED) is 0.708. The molecule has 6 nitrogen and oxygen atoms in total. The van der Waals surface area contributed by atoms with Crippen LogP contribution in [0.25, 0.3) is 0 Å². The van der Waals surface area contributed by atoms with Crippen LogP contribution in [0.1, 0.15) is 77.1 Å². The van der Waals surface area contributed by atoms with Gasteiger partial charge in [0.05, 0.1) is 17.7 Å². The fraction of sp³-hybridized carbons (Fsp3) is 0.652. The monoisotopic (exact) mass is 431 g/mol. The van der Waals surface area contributed by atoms with Gasteiger partial charge in [0.15, 0.2) is 0 Å². The Hall–Kier alpha value is -1.75. The Bertz CT molecular complexity index is 843. The van der Waals surface area contributed by atoms with E-state index in [-0.39, 0.29) is 17.6 Å². The second kappa shape index (κ2) is 8.07. The molecule has 1 aliphatic carbocycles. The summed E-state index contributed by atoms with van der Waals surface area (Å²) in [6, 6.07) is 7.92. The van der Waals surface area contributed by atoms with Crippen molar-refractivity contribution in [3.63, 3.8) is 0 Å². The summed E-state index contributed by atoms with van der Waals surface area (Å²) in [4.78, 5) is 14.3. The van der Waals surface area contributed by atoms with Crippen molar-refractivity contribution in [1.29, 1.82) is 5.26 Å². The van der Waals surface area contributed by atoms with Gasteiger partial charge in [-0.3, -0.25) is 0 Å². The lowest BCUT2D eigenvalue weighted by Gasteiger charge is -2.43. The van der Waals surface area contributed by atoms with Crippen LogP contribution in [0.5, 0.6) is 0 Å². The first-order chi connectivity index (χ1) is 13.8. The van der Waals surface area contributed by atoms with Crippen LogP contribution in [0, 0.1) is 16.7 Å². The third kappa shape index (κ3) is 4.77. The van der Waals surface area contributed by atoms with Gasteiger partial charge in [-0.25, -0.2) is 4.79 Å². The van der Waals surface area contributed by atoms with Crippen molar-refractivity contribution < 1.29 is 14.1 Å². The number of nitrogens with zero attached hydrogens (tertiary/aromatic N) is 2. The van der Waals surface area contributed by atoms with Crippen molar-refractivity contribution in [3.05, 3.63) is 34.9 Å². The van der Waals surface area contributed by atoms with Gasteiger partial charge in [-0.15, -0.1) is 4.72 Å². The van der Waals surface area contributed by atoms with Gasteiger partial charge in [-0.2, -0.15) is 5.26 Å². The highest BCUT2D eigenvalue weighted by atomic mass is 32.2. The van der Waals surface area contributed by atoms with Gasteiger partial charge < -0.3 is 14.2 Å². The lowest BCUT2D eigenvalue weighted by molar-refractivity contribution is 0.00716. The minimum atomic E-state index is -1.24. The van der Waals surface area contributed by atoms with Gasteiger partial charge in [0.1, 0.15) is 10.3 Å². The van der Waals surface area contributed by atoms with Crippen LogP contribution < -0.4 is 4.72 Å². The van der Waals surface area contributed by atoms with E-state index in [0.717, 1.165) is 24.8 Å². The first-order valence-electron chi connectivity index (χ1n) is 10.5. The first kappa shape index (κ1) is 22.9. The lowest BCUT2D eigenvalue weighted by Crippen LogP contribution is -2.51. The molecule has 1 aliphatic heterocycles. The molecule has 1 N–H and O–H groups in total. The maximum Gasteiger partial charge on any atom is 0.410 e. The summed E-state index contributed by atoms with van der Waals surface area (Å²) >= 11 is -1.24. The number of fused-ring (bicyclic) bond motifs is 1. The molecule has 0 saturated carbocycles. The van der Waals surface area contributed by atoms with Crippen molar-refractivity contribution in [2.24, 2.45) is 5.41 Å². The molecule has 7 heteroatoms. The van der Waals surface area contributed by atoms with Crippen molar-refractivity contribution in [3.8, 4) is 6.07 Å². The minimum Gasteiger partial charge on any atom is -0.598 e. The largest absolute Gasteiger partial charge is 0.598 e. The van der Waals surface area contributed by atoms with Gasteiger partial charge in [-0.1, -0.05) is 6.07 Å². The molecule has 0 aromatic heterocycles. The fourth-order valence-electron chi connectivity index (χ4n) is 4.30. The predicted octanol–water partition coefficient (Wildman–Crippen LogP) is 4.22. The zero-order chi connectivity index (χ0) is 22.3. The molecule has 0 radical (unpaired) electrons. The molecule has 1 aromatic rings. The highest BCUT2D eigenvalue weighted by Gasteiger charge is 2.51. The van der Waals surface area contributed by atoms with E-state index >= 15 is 0 Å². The fourth-order valence-corrected chi connectivity index (χ4v) is 5.25. The molecule has 2 atom stereocenters. The van der Waals surface area contributed by atoms with Crippen LogP contribution in [0.15, 0.2) is 18.2 Å². The number of carbonyl (C=O) groups excluding carboxylic acids is 1. The smallest absolute Gasteiger partial charge is 0.410 e. The number of ether oxygens (including phenoxy) is 1. The van der Waals surface area contributed by atoms with Gasteiger partial charge in [0, 0.05) is 29.9 Å². The Labute approximate surface area is 183 Å². The standard InChI is InChI=1S/C23H33N3O3S/c1-21(2,3)29-20(27)26-11-9-23(10-12-26)14-17-8-7-16(15-24)13-18(17)19(23)25-30(28)22(4,5)6/h7-8,13,19,25H,9-12,14H2,1-6H3/t19-,30+/m0/s1. The number of hydrogen-bond donors (Lipinski definition) is 1. The van der Waals surface area contributed by atoms with Crippen LogP contribution in [0.3, 0.4) is 0 Å². The van der Waals surface area contributed by atoms with Gasteiger partial charge >= 0.3 is 6.09 Å². The number of nitriles is 1. The summed E-state index contributed by atoms with van der Waals surface area (Å²) in [7, 11) is 0. The Morgan fingerprint density at radius 1 is 1.27 bits per heavy atom. The van der Waals surface area contributed by atoms with E-state index in [2.05, 4.69) is 10.8 Å². The summed E-state index contributed by atoms with van der Waals surface area (Å²) in [6.07, 6.45) is 2.17. The molecule has 1 fully saturated rings. The van der Waals surface area contributed by atoms with E-state index in [9.17, 15) is 14.6 Å². The highest BCUT2D eigenvalue weighted by molar-refractivity contribution is 7.90. The van der Waals surface area contributed by atoms with E-state index < -0.39 is 21.7 Å². The number of likely N-dealkylation sites (tertiary alicyclic amines) is 1. The minimum absolute atomic E-state index is 0.110. The molecule has 1 heterocycles. The van der Waals surface area contributed by atoms with Gasteiger partial charge in [0.2, 0.25) is 0 Å². The number of piperidine rings is 1. The third-order valence-electron chi connectivity index (χ3n) is 5.93. The predicted molar refractivity (Wildman–Crippen MR) is 118 cm³/mol. The second-order valence-corrected chi connectivity index (χ2v) is 12.5. The maximum absolute atomic E-state index is 13.0. The van der Waals surface area contributed by atoms with Gasteiger partial charge in [-0.05, 0) is 84.1 Å². The number of carbonyl (C=O) groups is 1. The number of amides is 1. The number of hydrogen-bond acceptors (Lipinski definition) is 5. The average Bonchev–Trinajstić information content (AvgIpc) is 2.92. The van der Waals surface area contributed by atoms with E-state index in [1.807, 2.05) is 59.7 Å². The van der Waals surface area contributed by atoms with E-state index in [1.54, 1.807) is 4.90 Å². The molecule has 0 bridgehead atoms. The van der Waals surface area contributed by atoms with E-state index in [4.69, 9.17) is 4.74 Å². The normalized spacial score (nSPS) is 21.8. The average molecular weight is 432 g/mol. The van der Waals surface area contributed by atoms with E-state index in [1.165, 1.54) is 5.56 Å². The summed E-state index contributed by atoms with van der Waals surface area (Å²) in [5.41, 5.74) is 2.23. The lowest BCUT2D eigenvalue weighted by atomic mass is 9.73. The van der Waals surface area contributed by atoms with Crippen molar-refractivity contribution in [2.75, 3.05) is 13.1 Å². The Morgan fingerprint density at radius 3 is 2.43 bits per heavy atom. The SMILES string of the molecule is CC(C)(C)OC(=O)N1CCC2(CC1)Cc1ccc(C#N)cc1[C@@H]2N[S@+]([O-])C(C)(C)C. The Balaban J connectivity index is 1.84. The molecule has 1 amide bonds. The molecule has 3 rings (SSSR count). The summed E-state index contributed by atoms with van der Waals surface area (Å²) < 4.78 is 21.5. The van der Waals surface area contributed by atoms with Crippen LogP contribution in [0.4, 0.5) is 4.79 Å². The van der Waals surface area contributed by atoms with Crippen LogP contribution in [0.2, 0.25) is 0 Å². The van der Waals surface area contributed by atoms with Crippen LogP contribution in [-0.2, 0) is 22.5 Å². The van der Waals surface area contributed by atoms with Crippen molar-refractivity contribution in [1.82, 2.24) is 9.62 Å². The Kier molecular flexibility index (Phi) is 6.16. The summed E-state index contributed by atoms with van der Waals surface area (Å²) in [5, 5.41) is 9.37. The first-order valence-corrected chi connectivity index (χ1v) is 11.7. The molecule has 30 heavy (non-hydrogen) atoms. The van der Waals surface area contributed by atoms with E-state index in [0.29, 0.717) is 18.7 Å². The van der Waals surface area contributed by atoms with Crippen molar-refractivity contribution in [2.45, 2.75) is 77.2 Å². The molecular weight excluding hydrogens is 398 g/mol. The number of rotatable bonds is 2. The molecule has 1 spiro atoms. The number of nitrogens with one attached hydrogen (secondary N) is 1. The summed E-state index contributed by atoms with van der Waals surface area (Å²) in [6.45, 7) is 12.7. The Morgan fingerprint density at radius 2 is 1.90 bits per heavy atom. The zero-order valence-electron chi connectivity index (χ0n) is 18.9. The molecule has 1 aromatic carbocycles. The van der Waals surface area contributed by atoms with Crippen LogP contribution in [-0.4, -0.2) is 39.0 Å².